The van der Waals surface area contributed by atoms with Gasteiger partial charge in [-0.2, -0.15) is 0 Å². The van der Waals surface area contributed by atoms with Gasteiger partial charge in [-0.25, -0.2) is 4.79 Å². The fourth-order valence-electron chi connectivity index (χ4n) is 3.62. The Balaban J connectivity index is 1.45. The van der Waals surface area contributed by atoms with Crippen LogP contribution in [0, 0.1) is 0 Å². The number of pyridine rings is 1. The number of carboxylic acid groups (broad SMARTS) is 1. The topological polar surface area (TPSA) is 73.6 Å². The minimum atomic E-state index is -4.73. The van der Waals surface area contributed by atoms with Gasteiger partial charge in [0.1, 0.15) is 11.5 Å². The zero-order chi connectivity index (χ0) is 22.7. The third-order valence-corrected chi connectivity index (χ3v) is 5.04. The number of alkyl halides is 3. The first-order valence-electron chi connectivity index (χ1n) is 9.83. The Hall–Kier alpha value is -3.59. The molecule has 0 aliphatic heterocycles. The molecule has 1 aromatic carbocycles. The molecule has 166 valence electrons. The lowest BCUT2D eigenvalue weighted by Gasteiger charge is -2.18. The summed E-state index contributed by atoms with van der Waals surface area (Å²) < 4.78 is 48.1. The largest absolute Gasteiger partial charge is 0.573 e. The van der Waals surface area contributed by atoms with Crippen LogP contribution in [-0.2, 0) is 16.0 Å². The number of carboxylic acids is 1. The number of rotatable bonds is 7. The average Bonchev–Trinajstić information content (AvgIpc) is 3.13. The number of aromatic carboxylic acids is 1. The predicted octanol–water partition coefficient (Wildman–Crippen LogP) is 5.17. The summed E-state index contributed by atoms with van der Waals surface area (Å²) in [5.74, 6) is -1.33. The van der Waals surface area contributed by atoms with E-state index in [1.54, 1.807) is 23.0 Å². The van der Waals surface area contributed by atoms with Crippen molar-refractivity contribution in [3.8, 4) is 11.1 Å². The van der Waals surface area contributed by atoms with Crippen LogP contribution in [-0.4, -0.2) is 39.7 Å². The van der Waals surface area contributed by atoms with Crippen LogP contribution >= 0.6 is 0 Å². The first kappa shape index (κ1) is 21.6. The lowest BCUT2D eigenvalue weighted by molar-refractivity contribution is -0.303. The predicted molar refractivity (Wildman–Crippen MR) is 111 cm³/mol. The Labute approximate surface area is 181 Å². The van der Waals surface area contributed by atoms with Crippen molar-refractivity contribution >= 4 is 16.9 Å². The standard InChI is InChI=1S/C23H19F3N2O4/c24-23(25,26)32-19-4-2-18(3-5-19)31-12-11-28-20-6-1-16(15-7-9-27-10-8-15)13-17(20)14-21(28)22(29)30/h1-2,4-10,13-14,18H,3,11-12H2,(H,29,30). The van der Waals surface area contributed by atoms with Gasteiger partial charge in [-0.05, 0) is 60.0 Å². The second kappa shape index (κ2) is 8.88. The van der Waals surface area contributed by atoms with Gasteiger partial charge < -0.3 is 19.1 Å². The molecular formula is C23H19F3N2O4. The number of hydrogen-bond donors (Lipinski definition) is 1. The van der Waals surface area contributed by atoms with Gasteiger partial charge in [0.05, 0.1) is 12.7 Å². The van der Waals surface area contributed by atoms with E-state index in [0.29, 0.717) is 0 Å². The molecule has 0 radical (unpaired) electrons. The molecule has 0 fully saturated rings. The van der Waals surface area contributed by atoms with Crippen LogP contribution in [0.2, 0.25) is 0 Å². The van der Waals surface area contributed by atoms with Crippen LogP contribution in [0.15, 0.2) is 72.8 Å². The number of carbonyl (C=O) groups is 1. The van der Waals surface area contributed by atoms with Gasteiger partial charge in [-0.1, -0.05) is 12.1 Å². The van der Waals surface area contributed by atoms with Crippen LogP contribution in [0.1, 0.15) is 16.9 Å². The van der Waals surface area contributed by atoms with Crippen LogP contribution in [0.4, 0.5) is 13.2 Å². The van der Waals surface area contributed by atoms with Gasteiger partial charge in [0.2, 0.25) is 0 Å². The fraction of sp³-hybridized carbons (Fsp3) is 0.217. The molecule has 6 nitrogen and oxygen atoms in total. The second-order valence-corrected chi connectivity index (χ2v) is 7.15. The molecule has 0 saturated carbocycles. The third kappa shape index (κ3) is 5.00. The molecule has 2 heterocycles. The lowest BCUT2D eigenvalue weighted by atomic mass is 10.1. The van der Waals surface area contributed by atoms with Gasteiger partial charge in [0.15, 0.2) is 0 Å². The number of ether oxygens (including phenoxy) is 2. The highest BCUT2D eigenvalue weighted by Gasteiger charge is 2.32. The zero-order valence-corrected chi connectivity index (χ0v) is 16.7. The van der Waals surface area contributed by atoms with E-state index in [1.165, 1.54) is 18.2 Å². The molecule has 9 heteroatoms. The molecule has 0 bridgehead atoms. The maximum atomic E-state index is 12.3. The van der Waals surface area contributed by atoms with Crippen LogP contribution in [0.5, 0.6) is 0 Å². The first-order valence-corrected chi connectivity index (χ1v) is 9.83. The maximum absolute atomic E-state index is 12.3. The van der Waals surface area contributed by atoms with Crippen molar-refractivity contribution in [2.75, 3.05) is 6.61 Å². The van der Waals surface area contributed by atoms with E-state index >= 15 is 0 Å². The number of benzene rings is 1. The minimum Gasteiger partial charge on any atom is -0.477 e. The third-order valence-electron chi connectivity index (χ3n) is 5.04. The summed E-state index contributed by atoms with van der Waals surface area (Å²) in [5, 5.41) is 10.4. The number of halogens is 3. The van der Waals surface area contributed by atoms with Crippen molar-refractivity contribution in [3.05, 3.63) is 78.5 Å². The summed E-state index contributed by atoms with van der Waals surface area (Å²) in [5.41, 5.74) is 2.81. The molecule has 0 amide bonds. The SMILES string of the molecule is O=C(O)c1cc2cc(-c3ccncc3)ccc2n1CCOC1C=CC(OC(F)(F)F)=CC1. The molecule has 1 N–H and O–H groups in total. The second-order valence-electron chi connectivity index (χ2n) is 7.15. The zero-order valence-electron chi connectivity index (χ0n) is 16.7. The Morgan fingerprint density at radius 2 is 1.94 bits per heavy atom. The molecule has 1 aliphatic carbocycles. The van der Waals surface area contributed by atoms with Gasteiger partial charge in [0, 0.05) is 29.8 Å². The van der Waals surface area contributed by atoms with Crippen molar-refractivity contribution < 1.29 is 32.5 Å². The summed E-state index contributed by atoms with van der Waals surface area (Å²) in [6.07, 6.45) is 2.50. The van der Waals surface area contributed by atoms with E-state index in [9.17, 15) is 23.1 Å². The van der Waals surface area contributed by atoms with Crippen molar-refractivity contribution in [3.63, 3.8) is 0 Å². The molecule has 2 aromatic heterocycles. The number of hydrogen-bond acceptors (Lipinski definition) is 4. The summed E-state index contributed by atoms with van der Waals surface area (Å²) in [7, 11) is 0. The Morgan fingerprint density at radius 1 is 1.16 bits per heavy atom. The summed E-state index contributed by atoms with van der Waals surface area (Å²) >= 11 is 0. The van der Waals surface area contributed by atoms with E-state index in [2.05, 4.69) is 9.72 Å². The highest BCUT2D eigenvalue weighted by molar-refractivity contribution is 5.96. The van der Waals surface area contributed by atoms with E-state index in [-0.39, 0.29) is 31.0 Å². The highest BCUT2D eigenvalue weighted by atomic mass is 19.4. The lowest BCUT2D eigenvalue weighted by Crippen LogP contribution is -2.19. The first-order chi connectivity index (χ1) is 15.3. The molecule has 1 atom stereocenters. The van der Waals surface area contributed by atoms with Gasteiger partial charge in [-0.3, -0.25) is 4.98 Å². The Morgan fingerprint density at radius 3 is 2.59 bits per heavy atom. The summed E-state index contributed by atoms with van der Waals surface area (Å²) in [6.45, 7) is 0.466. The van der Waals surface area contributed by atoms with Crippen molar-refractivity contribution in [1.29, 1.82) is 0 Å². The maximum Gasteiger partial charge on any atom is 0.573 e. The van der Waals surface area contributed by atoms with Crippen molar-refractivity contribution in [1.82, 2.24) is 9.55 Å². The number of fused-ring (bicyclic) bond motifs is 1. The minimum absolute atomic E-state index is 0.135. The molecule has 3 aromatic rings. The van der Waals surface area contributed by atoms with E-state index in [0.717, 1.165) is 22.0 Å². The fourth-order valence-corrected chi connectivity index (χ4v) is 3.62. The van der Waals surface area contributed by atoms with Crippen LogP contribution < -0.4 is 0 Å². The Kier molecular flexibility index (Phi) is 6.00. The van der Waals surface area contributed by atoms with E-state index in [1.807, 2.05) is 30.3 Å². The quantitative estimate of drug-likeness (QED) is 0.545. The molecule has 1 unspecified atom stereocenters. The summed E-state index contributed by atoms with van der Waals surface area (Å²) in [6, 6.07) is 11.1. The van der Waals surface area contributed by atoms with Crippen molar-refractivity contribution in [2.24, 2.45) is 0 Å². The van der Waals surface area contributed by atoms with Crippen LogP contribution in [0.3, 0.4) is 0 Å². The average molecular weight is 444 g/mol. The van der Waals surface area contributed by atoms with E-state index < -0.39 is 18.4 Å². The molecule has 1 aliphatic rings. The highest BCUT2D eigenvalue weighted by Crippen LogP contribution is 2.28. The van der Waals surface area contributed by atoms with Crippen molar-refractivity contribution in [2.45, 2.75) is 25.4 Å². The Bertz CT molecular complexity index is 1180. The normalized spacial score (nSPS) is 16.2. The summed E-state index contributed by atoms with van der Waals surface area (Å²) in [4.78, 5) is 15.8. The monoisotopic (exact) mass is 444 g/mol. The number of aromatic nitrogens is 2. The smallest absolute Gasteiger partial charge is 0.477 e. The van der Waals surface area contributed by atoms with E-state index in [4.69, 9.17) is 4.74 Å². The molecule has 0 spiro atoms. The van der Waals surface area contributed by atoms with Crippen LogP contribution in [0.25, 0.3) is 22.0 Å². The molecule has 0 saturated heterocycles. The van der Waals surface area contributed by atoms with Gasteiger partial charge in [0.25, 0.3) is 0 Å². The number of nitrogens with zero attached hydrogens (tertiary/aromatic N) is 2. The molecule has 4 rings (SSSR count). The molecule has 32 heavy (non-hydrogen) atoms. The van der Waals surface area contributed by atoms with Gasteiger partial charge >= 0.3 is 12.3 Å². The van der Waals surface area contributed by atoms with Gasteiger partial charge in [-0.15, -0.1) is 13.2 Å². The molecular weight excluding hydrogens is 425 g/mol. The number of allylic oxidation sites excluding steroid dienone is 1.